The normalized spacial score (nSPS) is 12.5. The number of carbonyl (C=O) groups excluding carboxylic acids is 4. The summed E-state index contributed by atoms with van der Waals surface area (Å²) in [6.07, 6.45) is 1.06. The Labute approximate surface area is 294 Å². The van der Waals surface area contributed by atoms with Crippen LogP contribution in [-0.2, 0) is 38.5 Å². The van der Waals surface area contributed by atoms with Gasteiger partial charge in [0.05, 0.1) is 16.2 Å². The number of aromatic amines is 1. The lowest BCUT2D eigenvalue weighted by Crippen LogP contribution is -2.55. The van der Waals surface area contributed by atoms with Crippen LogP contribution < -0.4 is 20.7 Å². The van der Waals surface area contributed by atoms with Crippen molar-refractivity contribution < 1.29 is 33.4 Å². The van der Waals surface area contributed by atoms with Crippen LogP contribution >= 0.6 is 38.5 Å². The maximum Gasteiger partial charge on any atom is 0.408 e. The molecule has 0 bridgehead atoms. The van der Waals surface area contributed by atoms with Crippen molar-refractivity contribution in [3.05, 3.63) is 97.7 Å². The summed E-state index contributed by atoms with van der Waals surface area (Å²) in [4.78, 5) is 55.0. The molecule has 0 aliphatic rings. The maximum absolute atomic E-state index is 13.4. The number of para-hydroxylation sites is 1. The largest absolute Gasteiger partial charge is 0.488 e. The predicted octanol–water partition coefficient (Wildman–Crippen LogP) is 6.16. The molecule has 0 spiro atoms. The highest BCUT2D eigenvalue weighted by atomic mass is 127. The first-order chi connectivity index (χ1) is 22.3. The highest BCUT2D eigenvalue weighted by molar-refractivity contribution is 14.1. The van der Waals surface area contributed by atoms with Gasteiger partial charge >= 0.3 is 18.1 Å². The molecule has 0 unspecified atom stereocenters. The zero-order valence-corrected chi connectivity index (χ0v) is 30.1. The molecule has 1 heterocycles. The van der Waals surface area contributed by atoms with Gasteiger partial charge < -0.3 is 29.8 Å². The minimum Gasteiger partial charge on any atom is -0.488 e. The molecule has 11 nitrogen and oxygen atoms in total. The van der Waals surface area contributed by atoms with E-state index in [-0.39, 0.29) is 12.8 Å². The van der Waals surface area contributed by atoms with Gasteiger partial charge in [0.1, 0.15) is 30.0 Å². The fourth-order valence-electron chi connectivity index (χ4n) is 4.71. The quantitative estimate of drug-likeness (QED) is 0.105. The van der Waals surface area contributed by atoms with Crippen molar-refractivity contribution in [1.82, 2.24) is 20.9 Å². The minimum atomic E-state index is -1.19. The van der Waals surface area contributed by atoms with E-state index in [1.807, 2.05) is 54.6 Å². The lowest BCUT2D eigenvalue weighted by atomic mass is 10.0. The summed E-state index contributed by atoms with van der Waals surface area (Å²) < 4.78 is 17.9. The fraction of sp³-hybridized carbons (Fsp3) is 0.294. The summed E-state index contributed by atoms with van der Waals surface area (Å²) in [5.41, 5.74) is 2.51. The zero-order valence-electron chi connectivity index (χ0n) is 26.3. The van der Waals surface area contributed by atoms with Gasteiger partial charge in [-0.25, -0.2) is 14.4 Å². The van der Waals surface area contributed by atoms with Crippen LogP contribution in [-0.4, -0.2) is 53.8 Å². The number of nitrogens with one attached hydrogen (secondary N) is 4. The van der Waals surface area contributed by atoms with E-state index in [0.29, 0.717) is 17.9 Å². The minimum absolute atomic E-state index is 0.0397. The molecular weight excluding hydrogens is 783 g/mol. The number of rotatable bonds is 11. The Balaban J connectivity index is 1.46. The van der Waals surface area contributed by atoms with E-state index >= 15 is 0 Å². The van der Waals surface area contributed by atoms with Gasteiger partial charge in [-0.05, 0) is 94.2 Å². The van der Waals surface area contributed by atoms with Crippen molar-refractivity contribution in [1.29, 1.82) is 0 Å². The summed E-state index contributed by atoms with van der Waals surface area (Å²) in [6.45, 7) is 5.49. The number of fused-ring (bicyclic) bond motifs is 1. The zero-order chi connectivity index (χ0) is 34.1. The number of methoxy groups -OCH3 is 1. The SMILES string of the molecule is COC(=O)[C@H](Cc1c[nH]c2c(Br)cccc12)NC(=O)NC(=O)[C@H](Cc1ccc(OCc2ccccc2)c(I)c1)NC(=O)OC(C)(C)C. The highest BCUT2D eigenvalue weighted by Crippen LogP contribution is 2.27. The molecule has 0 radical (unpaired) electrons. The molecule has 248 valence electrons. The van der Waals surface area contributed by atoms with Crippen LogP contribution in [0, 0.1) is 3.57 Å². The second kappa shape index (κ2) is 16.1. The molecule has 4 aromatic rings. The second-order valence-corrected chi connectivity index (χ2v) is 13.7. The number of carbonyl (C=O) groups is 4. The van der Waals surface area contributed by atoms with Gasteiger partial charge in [-0.3, -0.25) is 10.1 Å². The van der Waals surface area contributed by atoms with Crippen molar-refractivity contribution in [2.24, 2.45) is 0 Å². The van der Waals surface area contributed by atoms with E-state index in [1.165, 1.54) is 7.11 Å². The van der Waals surface area contributed by atoms with Crippen molar-refractivity contribution in [2.75, 3.05) is 7.11 Å². The van der Waals surface area contributed by atoms with Gasteiger partial charge in [-0.2, -0.15) is 0 Å². The number of H-pyrrole nitrogens is 1. The van der Waals surface area contributed by atoms with Crippen molar-refractivity contribution >= 4 is 73.4 Å². The second-order valence-electron chi connectivity index (χ2n) is 11.7. The van der Waals surface area contributed by atoms with Crippen LogP contribution in [0.1, 0.15) is 37.5 Å². The molecule has 4 rings (SSSR count). The summed E-state index contributed by atoms with van der Waals surface area (Å²) in [7, 11) is 1.21. The van der Waals surface area contributed by atoms with E-state index in [1.54, 1.807) is 39.1 Å². The van der Waals surface area contributed by atoms with Crippen molar-refractivity contribution in [3.63, 3.8) is 0 Å². The predicted molar refractivity (Wildman–Crippen MR) is 189 cm³/mol. The van der Waals surface area contributed by atoms with Gasteiger partial charge in [0.25, 0.3) is 5.91 Å². The number of hydrogen-bond donors (Lipinski definition) is 4. The Morgan fingerprint density at radius 1 is 0.915 bits per heavy atom. The molecule has 4 amide bonds. The van der Waals surface area contributed by atoms with Gasteiger partial charge in [0.2, 0.25) is 0 Å². The van der Waals surface area contributed by atoms with Gasteiger partial charge in [0.15, 0.2) is 0 Å². The lowest BCUT2D eigenvalue weighted by Gasteiger charge is -2.24. The van der Waals surface area contributed by atoms with E-state index in [0.717, 1.165) is 30.1 Å². The standard InChI is InChI=1S/C34H36BrIN4O7/c1-34(2,3)47-33(44)39-26(16-21-13-14-28(25(36)15-21)46-19-20-9-6-5-7-10-20)30(41)40-32(43)38-27(31(42)45-4)17-22-18-37-29-23(22)11-8-12-24(29)35/h5-15,18,26-27,37H,16-17,19H2,1-4H3,(H,39,44)(H2,38,40,41,43)/t26-,27-/m0/s1. The number of imide groups is 1. The monoisotopic (exact) mass is 818 g/mol. The number of amides is 4. The van der Waals surface area contributed by atoms with Gasteiger partial charge in [-0.1, -0.05) is 48.5 Å². The highest BCUT2D eigenvalue weighted by Gasteiger charge is 2.29. The maximum atomic E-state index is 13.4. The average molecular weight is 819 g/mol. The molecule has 0 saturated carbocycles. The third kappa shape index (κ3) is 10.4. The number of urea groups is 1. The van der Waals surface area contributed by atoms with Crippen LogP contribution in [0.3, 0.4) is 0 Å². The molecule has 13 heteroatoms. The fourth-order valence-corrected chi connectivity index (χ4v) is 5.93. The Hall–Kier alpha value is -4.11. The Kier molecular flexibility index (Phi) is 12.3. The molecule has 0 fully saturated rings. The molecule has 4 N–H and O–H groups in total. The molecular formula is C34H36BrIN4O7. The number of alkyl carbamates (subject to hydrolysis) is 1. The van der Waals surface area contributed by atoms with Crippen molar-refractivity contribution in [2.45, 2.75) is 57.9 Å². The third-order valence-corrected chi connectivity index (χ3v) is 8.39. The average Bonchev–Trinajstić information content (AvgIpc) is 3.43. The molecule has 1 aromatic heterocycles. The first kappa shape index (κ1) is 35.7. The molecule has 3 aromatic carbocycles. The van der Waals surface area contributed by atoms with E-state index < -0.39 is 41.7 Å². The van der Waals surface area contributed by atoms with Crippen molar-refractivity contribution in [3.8, 4) is 5.75 Å². The van der Waals surface area contributed by atoms with Crippen LogP contribution in [0.4, 0.5) is 9.59 Å². The molecule has 0 aliphatic carbocycles. The molecule has 47 heavy (non-hydrogen) atoms. The topological polar surface area (TPSA) is 148 Å². The number of esters is 1. The molecule has 0 aliphatic heterocycles. The van der Waals surface area contributed by atoms with E-state index in [2.05, 4.69) is 59.5 Å². The lowest BCUT2D eigenvalue weighted by molar-refractivity contribution is -0.142. The number of aromatic nitrogens is 1. The van der Waals surface area contributed by atoms with Gasteiger partial charge in [0, 0.05) is 28.9 Å². The smallest absolute Gasteiger partial charge is 0.408 e. The Bertz CT molecular complexity index is 1740. The van der Waals surface area contributed by atoms with Crippen LogP contribution in [0.15, 0.2) is 77.4 Å². The summed E-state index contributed by atoms with van der Waals surface area (Å²) >= 11 is 5.64. The van der Waals surface area contributed by atoms with E-state index in [9.17, 15) is 19.2 Å². The Morgan fingerprint density at radius 2 is 1.66 bits per heavy atom. The third-order valence-electron chi connectivity index (χ3n) is 6.88. The summed E-state index contributed by atoms with van der Waals surface area (Å²) in [6, 6.07) is 17.6. The Morgan fingerprint density at radius 3 is 2.34 bits per heavy atom. The van der Waals surface area contributed by atoms with Gasteiger partial charge in [-0.15, -0.1) is 0 Å². The summed E-state index contributed by atoms with van der Waals surface area (Å²) in [5.74, 6) is -0.827. The number of hydrogen-bond acceptors (Lipinski definition) is 7. The molecule has 2 atom stereocenters. The first-order valence-corrected chi connectivity index (χ1v) is 16.6. The van der Waals surface area contributed by atoms with E-state index in [4.69, 9.17) is 14.2 Å². The first-order valence-electron chi connectivity index (χ1n) is 14.7. The summed E-state index contributed by atoms with van der Waals surface area (Å²) in [5, 5.41) is 8.23. The number of benzene rings is 3. The molecule has 0 saturated heterocycles. The number of halogens is 2. The van der Waals surface area contributed by atoms with Crippen LogP contribution in [0.5, 0.6) is 5.75 Å². The number of ether oxygens (including phenoxy) is 3. The van der Waals surface area contributed by atoms with Crippen LogP contribution in [0.25, 0.3) is 10.9 Å². The van der Waals surface area contributed by atoms with Crippen LogP contribution in [0.2, 0.25) is 0 Å².